The molecule has 84 valence electrons. The molecule has 0 saturated carbocycles. The van der Waals surface area contributed by atoms with E-state index in [-0.39, 0.29) is 0 Å². The molecule has 0 radical (unpaired) electrons. The largest absolute Gasteiger partial charge is 0.218 e. The van der Waals surface area contributed by atoms with Gasteiger partial charge in [-0.25, -0.2) is 13.1 Å². The van der Waals surface area contributed by atoms with Crippen LogP contribution >= 0.6 is 15.9 Å². The summed E-state index contributed by atoms with van der Waals surface area (Å²) in [7, 11) is -1.80. The smallest absolute Gasteiger partial charge is 0.218 e. The van der Waals surface area contributed by atoms with Crippen LogP contribution in [-0.2, 0) is 10.0 Å². The lowest BCUT2D eigenvalue weighted by molar-refractivity contribution is 0.571. The molecule has 1 aromatic carbocycles. The summed E-state index contributed by atoms with van der Waals surface area (Å²) in [6.07, 6.45) is 0.560. The number of nitrogens with one attached hydrogen (secondary N) is 1. The van der Waals surface area contributed by atoms with Gasteiger partial charge in [0, 0.05) is 4.47 Å². The lowest BCUT2D eigenvalue weighted by Crippen LogP contribution is -2.25. The summed E-state index contributed by atoms with van der Waals surface area (Å²) in [4.78, 5) is 0. The van der Waals surface area contributed by atoms with Gasteiger partial charge < -0.3 is 0 Å². The minimum atomic E-state index is -3.24. The van der Waals surface area contributed by atoms with Crippen LogP contribution in [0.4, 0.5) is 0 Å². The topological polar surface area (TPSA) is 46.2 Å². The minimum Gasteiger partial charge on any atom is -0.218 e. The SMILES string of the molecule is CCC(c1ccc(Br)cc1)S(=O)(=O)NC. The molecule has 1 N–H and O–H groups in total. The van der Waals surface area contributed by atoms with Crippen molar-refractivity contribution >= 4 is 26.0 Å². The summed E-state index contributed by atoms with van der Waals surface area (Å²) in [5.74, 6) is 0. The number of hydrogen-bond donors (Lipinski definition) is 1. The minimum absolute atomic E-state index is 0.476. The van der Waals surface area contributed by atoms with E-state index in [1.165, 1.54) is 7.05 Å². The van der Waals surface area contributed by atoms with Gasteiger partial charge in [0.2, 0.25) is 10.0 Å². The van der Waals surface area contributed by atoms with Crippen molar-refractivity contribution < 1.29 is 8.42 Å². The third-order valence-corrected chi connectivity index (χ3v) is 4.72. The lowest BCUT2D eigenvalue weighted by atomic mass is 10.1. The van der Waals surface area contributed by atoms with Gasteiger partial charge in [-0.05, 0) is 31.2 Å². The first-order chi connectivity index (χ1) is 7.01. The van der Waals surface area contributed by atoms with Crippen LogP contribution in [0, 0.1) is 0 Å². The molecule has 0 aliphatic rings. The standard InChI is InChI=1S/C10H14BrNO2S/c1-3-10(15(13,14)12-2)8-4-6-9(11)7-5-8/h4-7,10,12H,3H2,1-2H3. The molecule has 0 amide bonds. The van der Waals surface area contributed by atoms with Crippen molar-refractivity contribution in [2.75, 3.05) is 7.05 Å². The van der Waals surface area contributed by atoms with Crippen molar-refractivity contribution in [3.05, 3.63) is 34.3 Å². The Bertz CT molecular complexity index is 414. The van der Waals surface area contributed by atoms with E-state index in [1.807, 2.05) is 31.2 Å². The Morgan fingerprint density at radius 1 is 1.33 bits per heavy atom. The second kappa shape index (κ2) is 5.09. The summed E-state index contributed by atoms with van der Waals surface area (Å²) >= 11 is 3.32. The van der Waals surface area contributed by atoms with Crippen LogP contribution in [0.15, 0.2) is 28.7 Å². The molecule has 15 heavy (non-hydrogen) atoms. The van der Waals surface area contributed by atoms with E-state index in [2.05, 4.69) is 20.7 Å². The number of sulfonamides is 1. The van der Waals surface area contributed by atoms with Crippen LogP contribution in [0.25, 0.3) is 0 Å². The van der Waals surface area contributed by atoms with Crippen LogP contribution in [0.3, 0.4) is 0 Å². The Morgan fingerprint density at radius 3 is 2.27 bits per heavy atom. The lowest BCUT2D eigenvalue weighted by Gasteiger charge is -2.15. The highest BCUT2D eigenvalue weighted by molar-refractivity contribution is 9.10. The van der Waals surface area contributed by atoms with Crippen molar-refractivity contribution in [2.24, 2.45) is 0 Å². The molecular weight excluding hydrogens is 278 g/mol. The van der Waals surface area contributed by atoms with E-state index in [0.29, 0.717) is 6.42 Å². The predicted octanol–water partition coefficient (Wildman–Crippen LogP) is 2.45. The number of hydrogen-bond acceptors (Lipinski definition) is 2. The summed E-state index contributed by atoms with van der Waals surface area (Å²) in [5.41, 5.74) is 0.815. The Morgan fingerprint density at radius 2 is 1.87 bits per heavy atom. The van der Waals surface area contributed by atoms with Crippen molar-refractivity contribution in [1.29, 1.82) is 0 Å². The third kappa shape index (κ3) is 3.03. The molecular formula is C10H14BrNO2S. The van der Waals surface area contributed by atoms with E-state index >= 15 is 0 Å². The van der Waals surface area contributed by atoms with E-state index in [4.69, 9.17) is 0 Å². The van der Waals surface area contributed by atoms with Crippen LogP contribution in [0.1, 0.15) is 24.2 Å². The average molecular weight is 292 g/mol. The first-order valence-electron chi connectivity index (χ1n) is 4.69. The van der Waals surface area contributed by atoms with Crippen molar-refractivity contribution in [2.45, 2.75) is 18.6 Å². The highest BCUT2D eigenvalue weighted by Gasteiger charge is 2.23. The predicted molar refractivity (Wildman–Crippen MR) is 65.2 cm³/mol. The van der Waals surface area contributed by atoms with Crippen LogP contribution in [-0.4, -0.2) is 15.5 Å². The first-order valence-corrected chi connectivity index (χ1v) is 7.03. The fourth-order valence-electron chi connectivity index (χ4n) is 1.45. The molecule has 5 heteroatoms. The van der Waals surface area contributed by atoms with E-state index in [9.17, 15) is 8.42 Å². The molecule has 3 nitrogen and oxygen atoms in total. The molecule has 1 atom stereocenters. The van der Waals surface area contributed by atoms with Crippen molar-refractivity contribution in [3.8, 4) is 0 Å². The van der Waals surface area contributed by atoms with E-state index in [1.54, 1.807) is 0 Å². The molecule has 0 aromatic heterocycles. The van der Waals surface area contributed by atoms with Gasteiger partial charge in [-0.2, -0.15) is 0 Å². The van der Waals surface area contributed by atoms with E-state index < -0.39 is 15.3 Å². The molecule has 0 saturated heterocycles. The Hall–Kier alpha value is -0.390. The van der Waals surface area contributed by atoms with Crippen molar-refractivity contribution in [1.82, 2.24) is 4.72 Å². The molecule has 0 heterocycles. The average Bonchev–Trinajstić information content (AvgIpc) is 2.22. The normalized spacial score (nSPS) is 13.8. The maximum Gasteiger partial charge on any atom is 0.218 e. The summed E-state index contributed by atoms with van der Waals surface area (Å²) in [6, 6.07) is 7.35. The third-order valence-electron chi connectivity index (χ3n) is 2.27. The van der Waals surface area contributed by atoms with Crippen LogP contribution in [0.5, 0.6) is 0 Å². The Labute approximate surface area is 99.1 Å². The van der Waals surface area contributed by atoms with Crippen LogP contribution < -0.4 is 4.72 Å². The Kier molecular flexibility index (Phi) is 4.31. The number of rotatable bonds is 4. The van der Waals surface area contributed by atoms with Gasteiger partial charge in [-0.3, -0.25) is 0 Å². The molecule has 0 bridgehead atoms. The van der Waals surface area contributed by atoms with Crippen molar-refractivity contribution in [3.63, 3.8) is 0 Å². The maximum atomic E-state index is 11.7. The molecule has 1 unspecified atom stereocenters. The first kappa shape index (κ1) is 12.7. The van der Waals surface area contributed by atoms with Crippen LogP contribution in [0.2, 0.25) is 0 Å². The molecule has 0 spiro atoms. The number of halogens is 1. The summed E-state index contributed by atoms with van der Waals surface area (Å²) in [5, 5.41) is -0.476. The maximum absolute atomic E-state index is 11.7. The van der Waals surface area contributed by atoms with Gasteiger partial charge in [-0.15, -0.1) is 0 Å². The highest BCUT2D eigenvalue weighted by atomic mass is 79.9. The van der Waals surface area contributed by atoms with Gasteiger partial charge in [0.1, 0.15) is 5.25 Å². The Balaban J connectivity index is 3.09. The highest BCUT2D eigenvalue weighted by Crippen LogP contribution is 2.25. The van der Waals surface area contributed by atoms with Gasteiger partial charge >= 0.3 is 0 Å². The summed E-state index contributed by atoms with van der Waals surface area (Å²) in [6.45, 7) is 1.86. The fraction of sp³-hybridized carbons (Fsp3) is 0.400. The zero-order valence-corrected chi connectivity index (χ0v) is 11.1. The van der Waals surface area contributed by atoms with Gasteiger partial charge in [0.25, 0.3) is 0 Å². The van der Waals surface area contributed by atoms with E-state index in [0.717, 1.165) is 10.0 Å². The molecule has 0 aliphatic heterocycles. The molecule has 1 aromatic rings. The fourth-order valence-corrected chi connectivity index (χ4v) is 2.96. The second-order valence-electron chi connectivity index (χ2n) is 3.20. The quantitative estimate of drug-likeness (QED) is 0.926. The van der Waals surface area contributed by atoms with Gasteiger partial charge in [0.15, 0.2) is 0 Å². The second-order valence-corrected chi connectivity index (χ2v) is 6.18. The molecule has 0 aliphatic carbocycles. The zero-order valence-electron chi connectivity index (χ0n) is 8.70. The zero-order chi connectivity index (χ0) is 11.5. The molecule has 0 fully saturated rings. The summed E-state index contributed by atoms with van der Waals surface area (Å²) < 4.78 is 26.7. The number of benzene rings is 1. The van der Waals surface area contributed by atoms with Gasteiger partial charge in [-0.1, -0.05) is 35.0 Å². The van der Waals surface area contributed by atoms with Gasteiger partial charge in [0.05, 0.1) is 0 Å². The monoisotopic (exact) mass is 291 g/mol. The molecule has 1 rings (SSSR count).